The first-order chi connectivity index (χ1) is 24.5. The summed E-state index contributed by atoms with van der Waals surface area (Å²) in [5.74, 6) is -4.32. The first kappa shape index (κ1) is 38.6. The molecule has 0 amide bonds. The first-order valence-corrected chi connectivity index (χ1v) is 16.4. The largest absolute Gasteiger partial charge is 0.512 e. The lowest BCUT2D eigenvalue weighted by molar-refractivity contribution is -0.155. The average molecular weight is 731 g/mol. The molecule has 0 aliphatic carbocycles. The molecule has 2 heterocycles. The van der Waals surface area contributed by atoms with Gasteiger partial charge in [0.25, 0.3) is 0 Å². The van der Waals surface area contributed by atoms with E-state index in [-0.39, 0.29) is 55.4 Å². The Morgan fingerprint density at radius 1 is 1.12 bits per heavy atom. The predicted octanol–water partition coefficient (Wildman–Crippen LogP) is 5.50. The minimum absolute atomic E-state index is 0.0159. The molecule has 0 unspecified atom stereocenters. The van der Waals surface area contributed by atoms with Crippen LogP contribution in [0.25, 0.3) is 6.08 Å². The number of carboxylic acid groups (broad SMARTS) is 1. The Morgan fingerprint density at radius 3 is 2.57 bits per heavy atom. The SMILES string of the molecule is C[C@@H](SC1COC(/C=C/C=C/c2ccc(C#N)cc2F)OC1)[C@@](Cn1cncn1)(OC(=O)OCOC(=O)CCCC(=O)O)c1ccc(F)cc1F. The summed E-state index contributed by atoms with van der Waals surface area (Å²) in [5.41, 5.74) is -1.60. The molecule has 0 saturated carbocycles. The van der Waals surface area contributed by atoms with E-state index in [0.717, 1.165) is 18.2 Å². The highest BCUT2D eigenvalue weighted by molar-refractivity contribution is 8.00. The molecule has 1 aliphatic rings. The molecule has 4 rings (SSSR count). The van der Waals surface area contributed by atoms with E-state index >= 15 is 4.39 Å². The van der Waals surface area contributed by atoms with Crippen molar-refractivity contribution in [1.29, 1.82) is 5.26 Å². The van der Waals surface area contributed by atoms with Crippen molar-refractivity contribution in [2.45, 2.75) is 55.1 Å². The molecule has 13 nitrogen and oxygen atoms in total. The molecule has 1 N–H and O–H groups in total. The number of nitrogens with zero attached hydrogens (tertiary/aromatic N) is 4. The molecule has 2 atom stereocenters. The zero-order valence-electron chi connectivity index (χ0n) is 27.2. The van der Waals surface area contributed by atoms with Gasteiger partial charge in [-0.25, -0.2) is 27.6 Å². The van der Waals surface area contributed by atoms with Crippen LogP contribution in [0.2, 0.25) is 0 Å². The molecule has 3 aromatic rings. The molecule has 0 bridgehead atoms. The van der Waals surface area contributed by atoms with Gasteiger partial charge in [0.1, 0.15) is 30.1 Å². The van der Waals surface area contributed by atoms with E-state index in [0.29, 0.717) is 11.6 Å². The van der Waals surface area contributed by atoms with Gasteiger partial charge in [-0.15, -0.1) is 11.8 Å². The van der Waals surface area contributed by atoms with Crippen molar-refractivity contribution in [1.82, 2.24) is 14.8 Å². The van der Waals surface area contributed by atoms with Crippen LogP contribution in [0.3, 0.4) is 0 Å². The van der Waals surface area contributed by atoms with Gasteiger partial charge >= 0.3 is 18.1 Å². The summed E-state index contributed by atoms with van der Waals surface area (Å²) in [7, 11) is 0. The first-order valence-electron chi connectivity index (χ1n) is 15.4. The maximum Gasteiger partial charge on any atom is 0.512 e. The number of nitriles is 1. The number of aliphatic carboxylic acids is 1. The van der Waals surface area contributed by atoms with Crippen LogP contribution in [0.5, 0.6) is 0 Å². The fourth-order valence-corrected chi connectivity index (χ4v) is 6.26. The second kappa shape index (κ2) is 18.7. The quantitative estimate of drug-likeness (QED) is 0.111. The van der Waals surface area contributed by atoms with E-state index in [1.54, 1.807) is 25.2 Å². The predicted molar refractivity (Wildman–Crippen MR) is 174 cm³/mol. The Morgan fingerprint density at radius 2 is 1.90 bits per heavy atom. The van der Waals surface area contributed by atoms with Gasteiger partial charge in [0.15, 0.2) is 11.9 Å². The van der Waals surface area contributed by atoms with Gasteiger partial charge in [0.2, 0.25) is 6.79 Å². The Kier molecular flexibility index (Phi) is 14.2. The lowest BCUT2D eigenvalue weighted by Gasteiger charge is -2.40. The van der Waals surface area contributed by atoms with Crippen molar-refractivity contribution < 1.29 is 56.3 Å². The summed E-state index contributed by atoms with van der Waals surface area (Å²) in [6.07, 6.45) is 6.33. The number of aromatic nitrogens is 3. The Bertz CT molecular complexity index is 1760. The smallest absolute Gasteiger partial charge is 0.481 e. The zero-order valence-corrected chi connectivity index (χ0v) is 28.0. The molecule has 270 valence electrons. The fraction of sp³-hybridized carbons (Fsp3) is 0.353. The highest BCUT2D eigenvalue weighted by atomic mass is 32.2. The van der Waals surface area contributed by atoms with Crippen molar-refractivity contribution in [3.8, 4) is 6.07 Å². The van der Waals surface area contributed by atoms with Gasteiger partial charge in [-0.2, -0.15) is 10.4 Å². The topological polar surface area (TPSA) is 172 Å². The number of hydrogen-bond acceptors (Lipinski definition) is 12. The minimum atomic E-state index is -1.90. The van der Waals surface area contributed by atoms with Crippen LogP contribution in [0.4, 0.5) is 18.0 Å². The number of carbonyl (C=O) groups excluding carboxylic acids is 2. The molecule has 0 spiro atoms. The van der Waals surface area contributed by atoms with Crippen LogP contribution in [0, 0.1) is 28.8 Å². The number of halogens is 3. The standard InChI is InChI=1S/C34H33F3N4O9S/c1-22(51-26-16-46-32(47-17-26)8-3-2-5-24-10-9-23(15-38)13-28(24)36)34(18-41-20-39-19-40-41,27-12-11-25(35)14-29(27)37)50-33(45)49-21-48-31(44)7-4-6-30(42)43/h2-3,5,8-14,19-20,22,26,32H,4,6-7,16-18,21H2,1H3,(H,42,43)/b5-2+,8-3+/t22-,26?,32?,34-/m1/s1. The summed E-state index contributed by atoms with van der Waals surface area (Å²) in [4.78, 5) is 39.5. The molecule has 1 aromatic heterocycles. The molecule has 1 fully saturated rings. The van der Waals surface area contributed by atoms with Crippen molar-refractivity contribution in [3.63, 3.8) is 0 Å². The summed E-state index contributed by atoms with van der Waals surface area (Å²) in [6, 6.07) is 8.79. The summed E-state index contributed by atoms with van der Waals surface area (Å²) < 4.78 is 72.3. The van der Waals surface area contributed by atoms with E-state index in [1.165, 1.54) is 47.3 Å². The van der Waals surface area contributed by atoms with Gasteiger partial charge in [-0.1, -0.05) is 24.3 Å². The number of thioether (sulfide) groups is 1. The van der Waals surface area contributed by atoms with E-state index in [4.69, 9.17) is 34.1 Å². The second-order valence-corrected chi connectivity index (χ2v) is 12.7. The number of esters is 1. The van der Waals surface area contributed by atoms with Crippen LogP contribution in [-0.2, 0) is 45.4 Å². The van der Waals surface area contributed by atoms with Gasteiger partial charge in [0, 0.05) is 35.3 Å². The Balaban J connectivity index is 1.45. The van der Waals surface area contributed by atoms with Crippen LogP contribution in [-0.4, -0.2) is 74.8 Å². The van der Waals surface area contributed by atoms with Crippen LogP contribution >= 0.6 is 11.8 Å². The second-order valence-electron chi connectivity index (χ2n) is 11.0. The molecule has 2 aromatic carbocycles. The van der Waals surface area contributed by atoms with Gasteiger partial charge in [-0.05, 0) is 43.7 Å². The van der Waals surface area contributed by atoms with Gasteiger partial charge in [0.05, 0.1) is 36.6 Å². The molecule has 17 heteroatoms. The molecule has 51 heavy (non-hydrogen) atoms. The van der Waals surface area contributed by atoms with Crippen LogP contribution < -0.4 is 0 Å². The van der Waals surface area contributed by atoms with Gasteiger partial charge < -0.3 is 28.8 Å². The fourth-order valence-electron chi connectivity index (χ4n) is 4.90. The van der Waals surface area contributed by atoms with Crippen molar-refractivity contribution >= 4 is 35.9 Å². The maximum atomic E-state index is 15.5. The van der Waals surface area contributed by atoms with Crippen LogP contribution in [0.15, 0.2) is 67.3 Å². The van der Waals surface area contributed by atoms with Crippen molar-refractivity contribution in [3.05, 3.63) is 101 Å². The van der Waals surface area contributed by atoms with E-state index in [9.17, 15) is 23.2 Å². The Hall–Kier alpha value is -5.18. The van der Waals surface area contributed by atoms with Crippen LogP contribution in [0.1, 0.15) is 42.9 Å². The van der Waals surface area contributed by atoms with E-state index in [1.807, 2.05) is 6.07 Å². The molecular formula is C34H33F3N4O9S. The lowest BCUT2D eigenvalue weighted by atomic mass is 9.89. The molecule has 0 radical (unpaired) electrons. The number of allylic oxidation sites excluding steroid dienone is 2. The van der Waals surface area contributed by atoms with E-state index in [2.05, 4.69) is 10.1 Å². The number of carboxylic acids is 1. The summed E-state index contributed by atoms with van der Waals surface area (Å²) in [6.45, 7) is 0.810. The molecular weight excluding hydrogens is 697 g/mol. The highest BCUT2D eigenvalue weighted by Gasteiger charge is 2.47. The normalized spacial score (nSPS) is 17.8. The summed E-state index contributed by atoms with van der Waals surface area (Å²) >= 11 is 1.23. The number of rotatable bonds is 16. The number of ether oxygens (including phenoxy) is 5. The maximum absolute atomic E-state index is 15.5. The van der Waals surface area contributed by atoms with E-state index < -0.39 is 59.5 Å². The van der Waals surface area contributed by atoms with Crippen molar-refractivity contribution in [2.24, 2.45) is 0 Å². The zero-order chi connectivity index (χ0) is 36.8. The molecule has 1 aliphatic heterocycles. The average Bonchev–Trinajstić information content (AvgIpc) is 3.60. The van der Waals surface area contributed by atoms with Crippen molar-refractivity contribution in [2.75, 3.05) is 20.0 Å². The third-order valence-corrected chi connectivity index (χ3v) is 8.86. The minimum Gasteiger partial charge on any atom is -0.481 e. The Labute approximate surface area is 294 Å². The monoisotopic (exact) mass is 730 g/mol. The molecule has 1 saturated heterocycles. The third kappa shape index (κ3) is 11.4. The summed E-state index contributed by atoms with van der Waals surface area (Å²) in [5, 5.41) is 20.5. The van der Waals surface area contributed by atoms with Gasteiger partial charge in [-0.3, -0.25) is 9.59 Å². The number of hydrogen-bond donors (Lipinski definition) is 1. The highest BCUT2D eigenvalue weighted by Crippen LogP contribution is 2.42. The number of carbonyl (C=O) groups is 3. The third-order valence-electron chi connectivity index (χ3n) is 7.41. The number of benzene rings is 2. The lowest BCUT2D eigenvalue weighted by Crippen LogP contribution is -2.47.